The maximum absolute atomic E-state index is 12.6. The van der Waals surface area contributed by atoms with Crippen molar-refractivity contribution in [3.63, 3.8) is 0 Å². The van der Waals surface area contributed by atoms with Crippen molar-refractivity contribution in [2.24, 2.45) is 5.92 Å². The molecule has 1 atom stereocenters. The topological polar surface area (TPSA) is 21.3 Å². The molecule has 5 heteroatoms. The zero-order chi connectivity index (χ0) is 15.3. The van der Waals surface area contributed by atoms with Crippen molar-refractivity contribution in [2.45, 2.75) is 46.0 Å². The van der Waals surface area contributed by atoms with E-state index in [0.717, 1.165) is 12.1 Å². The summed E-state index contributed by atoms with van der Waals surface area (Å²) < 4.78 is 43.6. The van der Waals surface area contributed by atoms with Crippen LogP contribution in [0.25, 0.3) is 0 Å². The molecule has 114 valence electrons. The monoisotopic (exact) mass is 289 g/mol. The molecule has 0 aliphatic carbocycles. The van der Waals surface area contributed by atoms with Crippen LogP contribution in [0.3, 0.4) is 0 Å². The van der Waals surface area contributed by atoms with Gasteiger partial charge >= 0.3 is 6.18 Å². The molecule has 1 unspecified atom stereocenters. The SMILES string of the molecule is CC(C)NCC(Oc1cccc(C(F)(F)F)c1)C(C)C. The van der Waals surface area contributed by atoms with Crippen molar-refractivity contribution in [1.29, 1.82) is 0 Å². The van der Waals surface area contributed by atoms with Gasteiger partial charge in [0.25, 0.3) is 0 Å². The molecule has 1 aromatic carbocycles. The predicted octanol–water partition coefficient (Wildman–Crippen LogP) is 4.11. The largest absolute Gasteiger partial charge is 0.489 e. The lowest BCUT2D eigenvalue weighted by Crippen LogP contribution is -2.38. The molecule has 0 aliphatic rings. The van der Waals surface area contributed by atoms with Gasteiger partial charge in [-0.25, -0.2) is 0 Å². The molecule has 0 aromatic heterocycles. The van der Waals surface area contributed by atoms with Crippen molar-refractivity contribution < 1.29 is 17.9 Å². The van der Waals surface area contributed by atoms with Crippen LogP contribution in [0, 0.1) is 5.92 Å². The first kappa shape index (κ1) is 16.8. The van der Waals surface area contributed by atoms with Gasteiger partial charge in [-0.2, -0.15) is 13.2 Å². The van der Waals surface area contributed by atoms with Crippen molar-refractivity contribution in [1.82, 2.24) is 5.32 Å². The number of alkyl halides is 3. The zero-order valence-corrected chi connectivity index (χ0v) is 12.3. The minimum absolute atomic E-state index is 0.166. The van der Waals surface area contributed by atoms with E-state index in [-0.39, 0.29) is 17.8 Å². The molecule has 1 aromatic rings. The number of nitrogens with one attached hydrogen (secondary N) is 1. The summed E-state index contributed by atoms with van der Waals surface area (Å²) in [5.41, 5.74) is -0.686. The molecule has 0 amide bonds. The van der Waals surface area contributed by atoms with Gasteiger partial charge in [0.1, 0.15) is 11.9 Å². The summed E-state index contributed by atoms with van der Waals surface area (Å²) in [6.07, 6.45) is -4.51. The fourth-order valence-electron chi connectivity index (χ4n) is 1.69. The first-order valence-electron chi connectivity index (χ1n) is 6.77. The molecule has 1 rings (SSSR count). The minimum atomic E-state index is -4.34. The van der Waals surface area contributed by atoms with Crippen LogP contribution in [-0.4, -0.2) is 18.7 Å². The molecule has 1 N–H and O–H groups in total. The normalized spacial score (nSPS) is 13.8. The molecular weight excluding hydrogens is 267 g/mol. The highest BCUT2D eigenvalue weighted by Gasteiger charge is 2.30. The van der Waals surface area contributed by atoms with Crippen LogP contribution in [0.5, 0.6) is 5.75 Å². The third kappa shape index (κ3) is 5.41. The van der Waals surface area contributed by atoms with Crippen molar-refractivity contribution in [2.75, 3.05) is 6.54 Å². The summed E-state index contributed by atoms with van der Waals surface area (Å²) in [7, 11) is 0. The van der Waals surface area contributed by atoms with Crippen LogP contribution >= 0.6 is 0 Å². The van der Waals surface area contributed by atoms with Gasteiger partial charge in [0.15, 0.2) is 0 Å². The van der Waals surface area contributed by atoms with Crippen LogP contribution in [0.15, 0.2) is 24.3 Å². The van der Waals surface area contributed by atoms with E-state index < -0.39 is 11.7 Å². The Labute approximate surface area is 118 Å². The highest BCUT2D eigenvalue weighted by atomic mass is 19.4. The van der Waals surface area contributed by atoms with E-state index in [1.807, 2.05) is 27.7 Å². The average Bonchev–Trinajstić information content (AvgIpc) is 2.33. The van der Waals surface area contributed by atoms with Gasteiger partial charge in [0, 0.05) is 12.6 Å². The summed E-state index contributed by atoms with van der Waals surface area (Å²) in [4.78, 5) is 0. The fraction of sp³-hybridized carbons (Fsp3) is 0.600. The van der Waals surface area contributed by atoms with Crippen molar-refractivity contribution >= 4 is 0 Å². The van der Waals surface area contributed by atoms with Crippen LogP contribution < -0.4 is 10.1 Å². The molecule has 0 aliphatic heterocycles. The number of hydrogen-bond donors (Lipinski definition) is 1. The maximum atomic E-state index is 12.6. The van der Waals surface area contributed by atoms with E-state index in [9.17, 15) is 13.2 Å². The van der Waals surface area contributed by atoms with Crippen molar-refractivity contribution in [3.8, 4) is 5.75 Å². The van der Waals surface area contributed by atoms with Gasteiger partial charge in [-0.1, -0.05) is 33.8 Å². The van der Waals surface area contributed by atoms with E-state index in [4.69, 9.17) is 4.74 Å². The number of ether oxygens (including phenoxy) is 1. The lowest BCUT2D eigenvalue weighted by molar-refractivity contribution is -0.137. The van der Waals surface area contributed by atoms with Gasteiger partial charge in [0.2, 0.25) is 0 Å². The minimum Gasteiger partial charge on any atom is -0.489 e. The summed E-state index contributed by atoms with van der Waals surface area (Å²) in [6, 6.07) is 5.32. The second-order valence-corrected chi connectivity index (χ2v) is 5.49. The maximum Gasteiger partial charge on any atom is 0.416 e. The molecule has 0 spiro atoms. The summed E-state index contributed by atoms with van der Waals surface area (Å²) in [5.74, 6) is 0.458. The average molecular weight is 289 g/mol. The number of rotatable bonds is 6. The van der Waals surface area contributed by atoms with E-state index in [1.54, 1.807) is 6.07 Å². The molecule has 0 saturated heterocycles. The summed E-state index contributed by atoms with van der Waals surface area (Å²) >= 11 is 0. The fourth-order valence-corrected chi connectivity index (χ4v) is 1.69. The van der Waals surface area contributed by atoms with E-state index in [1.165, 1.54) is 6.07 Å². The third-order valence-corrected chi connectivity index (χ3v) is 2.92. The Morgan fingerprint density at radius 1 is 1.15 bits per heavy atom. The van der Waals surface area contributed by atoms with Crippen LogP contribution in [0.2, 0.25) is 0 Å². The summed E-state index contributed by atoms with van der Waals surface area (Å²) in [5, 5.41) is 3.24. The Balaban J connectivity index is 2.78. The van der Waals surface area contributed by atoms with Crippen LogP contribution in [-0.2, 0) is 6.18 Å². The van der Waals surface area contributed by atoms with Gasteiger partial charge in [-0.15, -0.1) is 0 Å². The smallest absolute Gasteiger partial charge is 0.416 e. The van der Waals surface area contributed by atoms with Gasteiger partial charge in [0.05, 0.1) is 5.56 Å². The number of benzene rings is 1. The second kappa shape index (κ2) is 6.97. The Bertz CT molecular complexity index is 416. The first-order valence-corrected chi connectivity index (χ1v) is 6.77. The number of halogens is 3. The first-order chi connectivity index (χ1) is 9.20. The Morgan fingerprint density at radius 3 is 2.30 bits per heavy atom. The Hall–Kier alpha value is -1.23. The lowest BCUT2D eigenvalue weighted by atomic mass is 10.1. The zero-order valence-electron chi connectivity index (χ0n) is 12.3. The van der Waals surface area contributed by atoms with Crippen LogP contribution in [0.1, 0.15) is 33.3 Å². The molecule has 0 saturated carbocycles. The second-order valence-electron chi connectivity index (χ2n) is 5.49. The standard InChI is InChI=1S/C15H22F3NO/c1-10(2)14(9-19-11(3)4)20-13-7-5-6-12(8-13)15(16,17)18/h5-8,10-11,14,19H,9H2,1-4H3. The highest BCUT2D eigenvalue weighted by molar-refractivity contribution is 5.30. The van der Waals surface area contributed by atoms with E-state index in [0.29, 0.717) is 12.6 Å². The number of hydrogen-bond acceptors (Lipinski definition) is 2. The molecule has 0 fully saturated rings. The Kier molecular flexibility index (Phi) is 5.87. The molecule has 0 heterocycles. The molecular formula is C15H22F3NO. The van der Waals surface area contributed by atoms with Crippen molar-refractivity contribution in [3.05, 3.63) is 29.8 Å². The van der Waals surface area contributed by atoms with E-state index >= 15 is 0 Å². The third-order valence-electron chi connectivity index (χ3n) is 2.92. The van der Waals surface area contributed by atoms with Gasteiger partial charge < -0.3 is 10.1 Å². The van der Waals surface area contributed by atoms with Gasteiger partial charge in [-0.05, 0) is 24.1 Å². The molecule has 0 bridgehead atoms. The molecule has 0 radical (unpaired) electrons. The van der Waals surface area contributed by atoms with E-state index in [2.05, 4.69) is 5.32 Å². The highest BCUT2D eigenvalue weighted by Crippen LogP contribution is 2.31. The lowest BCUT2D eigenvalue weighted by Gasteiger charge is -2.24. The quantitative estimate of drug-likeness (QED) is 0.851. The molecule has 2 nitrogen and oxygen atoms in total. The van der Waals surface area contributed by atoms with Gasteiger partial charge in [-0.3, -0.25) is 0 Å². The summed E-state index contributed by atoms with van der Waals surface area (Å²) in [6.45, 7) is 8.61. The Morgan fingerprint density at radius 2 is 1.80 bits per heavy atom. The molecule has 20 heavy (non-hydrogen) atoms. The van der Waals surface area contributed by atoms with Crippen LogP contribution in [0.4, 0.5) is 13.2 Å². The predicted molar refractivity (Wildman–Crippen MR) is 73.8 cm³/mol.